The number of aromatic nitrogens is 2. The third-order valence-electron chi connectivity index (χ3n) is 7.06. The number of fused-ring (bicyclic) bond motifs is 1. The van der Waals surface area contributed by atoms with Gasteiger partial charge in [0.15, 0.2) is 12.1 Å². The van der Waals surface area contributed by atoms with Gasteiger partial charge in [-0.3, -0.25) is 4.79 Å². The van der Waals surface area contributed by atoms with Crippen molar-refractivity contribution >= 4 is 22.7 Å². The zero-order chi connectivity index (χ0) is 28.9. The molecule has 0 aliphatic heterocycles. The summed E-state index contributed by atoms with van der Waals surface area (Å²) < 4.78 is 10.9. The van der Waals surface area contributed by atoms with E-state index in [1.807, 2.05) is 36.4 Å². The largest absolute Gasteiger partial charge is 0.489 e. The number of nitrogens with one attached hydrogen (secondary N) is 2. The molecule has 0 amide bonds. The first-order chi connectivity index (χ1) is 19.4. The van der Waals surface area contributed by atoms with E-state index in [1.54, 1.807) is 19.4 Å². The average molecular weight is 545 g/mol. The molecule has 1 aliphatic carbocycles. The molecule has 0 saturated heterocycles. The molecular formula is C31H40N6O3. The molecule has 0 radical (unpaired) electrons. The van der Waals surface area contributed by atoms with Gasteiger partial charge in [-0.05, 0) is 70.4 Å². The van der Waals surface area contributed by atoms with Crippen LogP contribution in [0.1, 0.15) is 36.2 Å². The Kier molecular flexibility index (Phi) is 12.0. The summed E-state index contributed by atoms with van der Waals surface area (Å²) in [4.78, 5) is 21.9. The van der Waals surface area contributed by atoms with Crippen molar-refractivity contribution in [1.82, 2.24) is 20.2 Å². The molecule has 40 heavy (non-hydrogen) atoms. The van der Waals surface area contributed by atoms with Crippen molar-refractivity contribution in [1.29, 1.82) is 5.26 Å². The monoisotopic (exact) mass is 544 g/mol. The molecule has 1 heterocycles. The van der Waals surface area contributed by atoms with Crippen LogP contribution < -0.4 is 15.4 Å². The third-order valence-corrected chi connectivity index (χ3v) is 7.06. The molecule has 0 spiro atoms. The highest BCUT2D eigenvalue weighted by Crippen LogP contribution is 2.35. The molecule has 9 nitrogen and oxygen atoms in total. The molecule has 1 fully saturated rings. The lowest BCUT2D eigenvalue weighted by Crippen LogP contribution is -2.37. The van der Waals surface area contributed by atoms with Crippen LogP contribution in [0.2, 0.25) is 0 Å². The number of aldehydes is 1. The fraction of sp³-hybridized carbons (Fsp3) is 0.419. The standard InChI is InChI=1S/C22H20N4O3.C9H20N2/c1-15(12-23)13-25-21-19-11-17(22-24-8-7-18(14-27)26-22)4-3-16(19)5-6-20(21)29-10-9-28-2;1-10-8-4-6-9(7-5-8)11(2)3/h3-8,11,14,25H,1,9-10,13H2,2H3;8-10H,4-7H2,1-3H3. The molecule has 0 bridgehead atoms. The van der Waals surface area contributed by atoms with E-state index in [1.165, 1.54) is 25.7 Å². The number of nitriles is 1. The molecule has 1 aliphatic rings. The Hall–Kier alpha value is -3.84. The molecule has 1 aromatic heterocycles. The summed E-state index contributed by atoms with van der Waals surface area (Å²) in [5.41, 5.74) is 2.22. The van der Waals surface area contributed by atoms with Crippen molar-refractivity contribution in [2.24, 2.45) is 0 Å². The van der Waals surface area contributed by atoms with Crippen LogP contribution in [0.3, 0.4) is 0 Å². The number of rotatable bonds is 11. The average Bonchev–Trinajstić information content (AvgIpc) is 3.00. The second-order valence-corrected chi connectivity index (χ2v) is 9.97. The molecule has 9 heteroatoms. The van der Waals surface area contributed by atoms with Gasteiger partial charge in [0.1, 0.15) is 18.1 Å². The number of methoxy groups -OCH3 is 1. The highest BCUT2D eigenvalue weighted by Gasteiger charge is 2.20. The van der Waals surface area contributed by atoms with Crippen LogP contribution in [0.25, 0.3) is 22.2 Å². The number of hydrogen-bond acceptors (Lipinski definition) is 9. The number of nitrogens with zero attached hydrogens (tertiary/aromatic N) is 4. The van der Waals surface area contributed by atoms with Crippen molar-refractivity contribution in [3.05, 3.63) is 60.4 Å². The van der Waals surface area contributed by atoms with Crippen molar-refractivity contribution in [3.63, 3.8) is 0 Å². The minimum absolute atomic E-state index is 0.289. The van der Waals surface area contributed by atoms with E-state index in [9.17, 15) is 4.79 Å². The van der Waals surface area contributed by atoms with Gasteiger partial charge in [-0.1, -0.05) is 24.8 Å². The molecule has 212 valence electrons. The van der Waals surface area contributed by atoms with Crippen LogP contribution in [0.5, 0.6) is 5.75 Å². The maximum atomic E-state index is 11.0. The maximum absolute atomic E-state index is 11.0. The fourth-order valence-electron chi connectivity index (χ4n) is 4.67. The lowest BCUT2D eigenvalue weighted by Gasteiger charge is -2.32. The first-order valence-electron chi connectivity index (χ1n) is 13.5. The van der Waals surface area contributed by atoms with Crippen molar-refractivity contribution in [2.75, 3.05) is 53.3 Å². The van der Waals surface area contributed by atoms with E-state index in [2.05, 4.69) is 53.2 Å². The summed E-state index contributed by atoms with van der Waals surface area (Å²) in [6, 6.07) is 14.8. The van der Waals surface area contributed by atoms with E-state index >= 15 is 0 Å². The van der Waals surface area contributed by atoms with Crippen LogP contribution in [0.15, 0.2) is 54.7 Å². The molecule has 4 rings (SSSR count). The summed E-state index contributed by atoms with van der Waals surface area (Å²) in [5.74, 6) is 1.09. The smallest absolute Gasteiger partial charge is 0.168 e. The Labute approximate surface area is 237 Å². The number of hydrogen-bond donors (Lipinski definition) is 2. The first-order valence-corrected chi connectivity index (χ1v) is 13.5. The first kappa shape index (κ1) is 30.7. The minimum atomic E-state index is 0.289. The van der Waals surface area contributed by atoms with E-state index in [0.29, 0.717) is 42.3 Å². The van der Waals surface area contributed by atoms with Crippen LogP contribution in [-0.4, -0.2) is 81.2 Å². The van der Waals surface area contributed by atoms with E-state index in [-0.39, 0.29) is 6.54 Å². The Morgan fingerprint density at radius 2 is 1.93 bits per heavy atom. The highest BCUT2D eigenvalue weighted by molar-refractivity contribution is 5.99. The van der Waals surface area contributed by atoms with Gasteiger partial charge in [0.25, 0.3) is 0 Å². The van der Waals surface area contributed by atoms with E-state index < -0.39 is 0 Å². The molecule has 0 atom stereocenters. The molecule has 2 aromatic carbocycles. The SMILES string of the molecule is C=C(C#N)CNc1c(OCCOC)ccc2ccc(-c3nccc(C=O)n3)cc12.CNC1CCC(N(C)C)CC1. The number of carbonyl (C=O) groups excluding carboxylic acids is 1. The van der Waals surface area contributed by atoms with Gasteiger partial charge in [0, 0.05) is 48.5 Å². The molecule has 1 saturated carbocycles. The van der Waals surface area contributed by atoms with Crippen molar-refractivity contribution < 1.29 is 14.3 Å². The highest BCUT2D eigenvalue weighted by atomic mass is 16.5. The Morgan fingerprint density at radius 1 is 1.18 bits per heavy atom. The summed E-state index contributed by atoms with van der Waals surface area (Å²) in [5, 5.41) is 17.5. The molecule has 3 aromatic rings. The number of anilines is 1. The molecule has 2 N–H and O–H groups in total. The van der Waals surface area contributed by atoms with Gasteiger partial charge in [0.05, 0.1) is 18.4 Å². The third kappa shape index (κ3) is 8.58. The van der Waals surface area contributed by atoms with Gasteiger partial charge in [-0.15, -0.1) is 0 Å². The fourth-order valence-corrected chi connectivity index (χ4v) is 4.67. The number of carbonyl (C=O) groups is 1. The Balaban J connectivity index is 0.000000336. The second kappa shape index (κ2) is 15.7. The van der Waals surface area contributed by atoms with Crippen LogP contribution in [-0.2, 0) is 4.74 Å². The summed E-state index contributed by atoms with van der Waals surface area (Å²) >= 11 is 0. The summed E-state index contributed by atoms with van der Waals surface area (Å²) in [7, 11) is 8.05. The Bertz CT molecular complexity index is 1310. The van der Waals surface area contributed by atoms with E-state index in [0.717, 1.165) is 34.1 Å². The quantitative estimate of drug-likeness (QED) is 0.201. The predicted octanol–water partition coefficient (Wildman–Crippen LogP) is 4.70. The topological polar surface area (TPSA) is 112 Å². The Morgan fingerprint density at radius 3 is 2.58 bits per heavy atom. The molecular weight excluding hydrogens is 504 g/mol. The summed E-state index contributed by atoms with van der Waals surface area (Å²) in [6.45, 7) is 4.85. The van der Waals surface area contributed by atoms with E-state index in [4.69, 9.17) is 14.7 Å². The van der Waals surface area contributed by atoms with Gasteiger partial charge in [0.2, 0.25) is 0 Å². The van der Waals surface area contributed by atoms with Crippen LogP contribution >= 0.6 is 0 Å². The van der Waals surface area contributed by atoms with Gasteiger partial charge < -0.3 is 25.0 Å². The normalized spacial score (nSPS) is 16.5. The second-order valence-electron chi connectivity index (χ2n) is 9.97. The maximum Gasteiger partial charge on any atom is 0.168 e. The minimum Gasteiger partial charge on any atom is -0.489 e. The lowest BCUT2D eigenvalue weighted by atomic mass is 9.91. The lowest BCUT2D eigenvalue weighted by molar-refractivity contribution is 0.111. The van der Waals surface area contributed by atoms with Crippen LogP contribution in [0.4, 0.5) is 5.69 Å². The van der Waals surface area contributed by atoms with Crippen LogP contribution in [0, 0.1) is 11.3 Å². The van der Waals surface area contributed by atoms with Gasteiger partial charge in [-0.2, -0.15) is 5.26 Å². The van der Waals surface area contributed by atoms with Gasteiger partial charge >= 0.3 is 0 Å². The van der Waals surface area contributed by atoms with Gasteiger partial charge in [-0.25, -0.2) is 9.97 Å². The number of ether oxygens (including phenoxy) is 2. The predicted molar refractivity (Wildman–Crippen MR) is 160 cm³/mol. The number of benzene rings is 2. The zero-order valence-electron chi connectivity index (χ0n) is 23.9. The zero-order valence-corrected chi connectivity index (χ0v) is 23.9. The summed E-state index contributed by atoms with van der Waals surface area (Å²) in [6.07, 6.45) is 7.65. The van der Waals surface area contributed by atoms with Crippen molar-refractivity contribution in [3.8, 4) is 23.2 Å². The molecule has 0 unspecified atom stereocenters. The van der Waals surface area contributed by atoms with Crippen molar-refractivity contribution in [2.45, 2.75) is 37.8 Å².